The van der Waals surface area contributed by atoms with Crippen LogP contribution in [0.2, 0.25) is 5.02 Å². The van der Waals surface area contributed by atoms with E-state index in [9.17, 15) is 4.79 Å². The summed E-state index contributed by atoms with van der Waals surface area (Å²) in [6.07, 6.45) is 3.51. The summed E-state index contributed by atoms with van der Waals surface area (Å²) in [5.41, 5.74) is -0.376. The van der Waals surface area contributed by atoms with Crippen molar-refractivity contribution in [1.29, 1.82) is 0 Å². The van der Waals surface area contributed by atoms with Crippen LogP contribution >= 0.6 is 11.6 Å². The number of hydrogen-bond acceptors (Lipinski definition) is 3. The van der Waals surface area contributed by atoms with Crippen LogP contribution in [0.15, 0.2) is 18.3 Å². The highest BCUT2D eigenvalue weighted by Crippen LogP contribution is 2.28. The van der Waals surface area contributed by atoms with Gasteiger partial charge in [-0.15, -0.1) is 0 Å². The van der Waals surface area contributed by atoms with E-state index in [0.717, 1.165) is 19.4 Å². The van der Waals surface area contributed by atoms with Crippen LogP contribution in [-0.4, -0.2) is 24.0 Å². The van der Waals surface area contributed by atoms with E-state index in [0.29, 0.717) is 17.4 Å². The Morgan fingerprint density at radius 1 is 1.65 bits per heavy atom. The number of carbonyl (C=O) groups excluding carboxylic acids is 1. The van der Waals surface area contributed by atoms with Crippen LogP contribution in [0.5, 0.6) is 0 Å². The van der Waals surface area contributed by atoms with Crippen molar-refractivity contribution in [3.05, 3.63) is 23.4 Å². The molecule has 1 atom stereocenters. The summed E-state index contributed by atoms with van der Waals surface area (Å²) in [4.78, 5) is 16.3. The molecule has 0 aromatic carbocycles. The molecule has 2 N–H and O–H groups in total. The minimum Gasteiger partial charge on any atom is -0.316 e. The zero-order valence-corrected chi connectivity index (χ0v) is 10.5. The molecule has 2 heterocycles. The third-order valence-corrected chi connectivity index (χ3v) is 3.44. The molecule has 0 radical (unpaired) electrons. The highest BCUT2D eigenvalue weighted by molar-refractivity contribution is 6.33. The average Bonchev–Trinajstić information content (AvgIpc) is 2.33. The lowest BCUT2D eigenvalue weighted by Crippen LogP contribution is -2.46. The monoisotopic (exact) mass is 253 g/mol. The number of anilines is 1. The first-order chi connectivity index (χ1) is 8.12. The largest absolute Gasteiger partial charge is 0.316 e. The number of piperidine rings is 1. The van der Waals surface area contributed by atoms with Crippen molar-refractivity contribution in [2.45, 2.75) is 19.8 Å². The number of aromatic nitrogens is 1. The number of pyridine rings is 1. The average molecular weight is 254 g/mol. The molecule has 1 aliphatic heterocycles. The molecule has 1 fully saturated rings. The van der Waals surface area contributed by atoms with Gasteiger partial charge in [0.15, 0.2) is 5.82 Å². The quantitative estimate of drug-likeness (QED) is 0.848. The van der Waals surface area contributed by atoms with Gasteiger partial charge in [-0.25, -0.2) is 4.98 Å². The number of nitrogens with one attached hydrogen (secondary N) is 2. The number of rotatable bonds is 2. The molecule has 1 aromatic heterocycles. The van der Waals surface area contributed by atoms with Gasteiger partial charge in [-0.1, -0.05) is 11.6 Å². The van der Waals surface area contributed by atoms with Gasteiger partial charge in [0.2, 0.25) is 5.91 Å². The highest BCUT2D eigenvalue weighted by atomic mass is 35.5. The molecular formula is C12H16ClN3O. The molecular weight excluding hydrogens is 238 g/mol. The number of carbonyl (C=O) groups is 1. The second-order valence-electron chi connectivity index (χ2n) is 4.63. The second-order valence-corrected chi connectivity index (χ2v) is 5.04. The first-order valence-corrected chi connectivity index (χ1v) is 6.12. The molecule has 1 amide bonds. The topological polar surface area (TPSA) is 54.0 Å². The highest BCUT2D eigenvalue weighted by Gasteiger charge is 2.34. The molecule has 17 heavy (non-hydrogen) atoms. The Bertz CT molecular complexity index is 416. The van der Waals surface area contributed by atoms with Crippen molar-refractivity contribution >= 4 is 23.3 Å². The van der Waals surface area contributed by atoms with Crippen molar-refractivity contribution < 1.29 is 4.79 Å². The fraction of sp³-hybridized carbons (Fsp3) is 0.500. The van der Waals surface area contributed by atoms with Gasteiger partial charge in [-0.3, -0.25) is 4.79 Å². The standard InChI is InChI=1S/C12H16ClN3O/c1-12(5-3-6-14-8-12)11(17)16-10-9(13)4-2-7-15-10/h2,4,7,14H,3,5-6,8H2,1H3,(H,15,16,17). The van der Waals surface area contributed by atoms with Gasteiger partial charge in [0.25, 0.3) is 0 Å². The first-order valence-electron chi connectivity index (χ1n) is 5.74. The van der Waals surface area contributed by atoms with Gasteiger partial charge in [-0.05, 0) is 38.4 Å². The molecule has 2 rings (SSSR count). The van der Waals surface area contributed by atoms with E-state index in [2.05, 4.69) is 15.6 Å². The predicted molar refractivity (Wildman–Crippen MR) is 68.1 cm³/mol. The molecule has 1 unspecified atom stereocenters. The van der Waals surface area contributed by atoms with Crippen LogP contribution < -0.4 is 10.6 Å². The van der Waals surface area contributed by atoms with Crippen LogP contribution in [0.1, 0.15) is 19.8 Å². The lowest BCUT2D eigenvalue weighted by molar-refractivity contribution is -0.125. The first kappa shape index (κ1) is 12.3. The van der Waals surface area contributed by atoms with E-state index in [4.69, 9.17) is 11.6 Å². The maximum Gasteiger partial charge on any atom is 0.232 e. The Morgan fingerprint density at radius 3 is 3.12 bits per heavy atom. The Hall–Kier alpha value is -1.13. The van der Waals surface area contributed by atoms with Crippen molar-refractivity contribution in [2.24, 2.45) is 5.41 Å². The van der Waals surface area contributed by atoms with Crippen molar-refractivity contribution in [1.82, 2.24) is 10.3 Å². The van der Waals surface area contributed by atoms with Gasteiger partial charge >= 0.3 is 0 Å². The van der Waals surface area contributed by atoms with Crippen LogP contribution in [0.4, 0.5) is 5.82 Å². The SMILES string of the molecule is CC1(C(=O)Nc2ncccc2Cl)CCCNC1. The van der Waals surface area contributed by atoms with Gasteiger partial charge in [0, 0.05) is 12.7 Å². The summed E-state index contributed by atoms with van der Waals surface area (Å²) in [6.45, 7) is 3.64. The molecule has 0 spiro atoms. The number of amides is 1. The molecule has 0 bridgehead atoms. The summed E-state index contributed by atoms with van der Waals surface area (Å²) >= 11 is 5.96. The van der Waals surface area contributed by atoms with E-state index in [1.165, 1.54) is 0 Å². The zero-order valence-electron chi connectivity index (χ0n) is 9.79. The fourth-order valence-corrected chi connectivity index (χ4v) is 2.15. The van der Waals surface area contributed by atoms with Crippen LogP contribution in [0.3, 0.4) is 0 Å². The number of halogens is 1. The number of nitrogens with zero attached hydrogens (tertiary/aromatic N) is 1. The summed E-state index contributed by atoms with van der Waals surface area (Å²) in [7, 11) is 0. The summed E-state index contributed by atoms with van der Waals surface area (Å²) in [5.74, 6) is 0.413. The molecule has 5 heteroatoms. The van der Waals surface area contributed by atoms with Gasteiger partial charge < -0.3 is 10.6 Å². The van der Waals surface area contributed by atoms with Crippen molar-refractivity contribution in [3.8, 4) is 0 Å². The molecule has 4 nitrogen and oxygen atoms in total. The minimum absolute atomic E-state index is 0.0229. The Labute approximate surface area is 106 Å². The minimum atomic E-state index is -0.376. The molecule has 0 saturated carbocycles. The summed E-state index contributed by atoms with van der Waals surface area (Å²) in [6, 6.07) is 3.45. The molecule has 1 aromatic rings. The third-order valence-electron chi connectivity index (χ3n) is 3.14. The van der Waals surface area contributed by atoms with Crippen LogP contribution in [0, 0.1) is 5.41 Å². The maximum atomic E-state index is 12.2. The van der Waals surface area contributed by atoms with Crippen LogP contribution in [0.25, 0.3) is 0 Å². The van der Waals surface area contributed by atoms with E-state index < -0.39 is 0 Å². The Kier molecular flexibility index (Phi) is 3.64. The number of hydrogen-bond donors (Lipinski definition) is 2. The Balaban J connectivity index is 2.08. The van der Waals surface area contributed by atoms with E-state index in [1.54, 1.807) is 18.3 Å². The predicted octanol–water partition coefficient (Wildman–Crippen LogP) is 2.06. The zero-order chi connectivity index (χ0) is 12.3. The van der Waals surface area contributed by atoms with Gasteiger partial charge in [-0.2, -0.15) is 0 Å². The van der Waals surface area contributed by atoms with Crippen molar-refractivity contribution in [2.75, 3.05) is 18.4 Å². The summed E-state index contributed by atoms with van der Waals surface area (Å²) in [5, 5.41) is 6.51. The van der Waals surface area contributed by atoms with E-state index >= 15 is 0 Å². The van der Waals surface area contributed by atoms with Gasteiger partial charge in [0.05, 0.1) is 10.4 Å². The third kappa shape index (κ3) is 2.76. The smallest absolute Gasteiger partial charge is 0.232 e. The normalized spacial score (nSPS) is 24.4. The maximum absolute atomic E-state index is 12.2. The Morgan fingerprint density at radius 2 is 2.47 bits per heavy atom. The molecule has 1 saturated heterocycles. The summed E-state index contributed by atoms with van der Waals surface area (Å²) < 4.78 is 0. The van der Waals surface area contributed by atoms with E-state index in [1.807, 2.05) is 6.92 Å². The van der Waals surface area contributed by atoms with Crippen molar-refractivity contribution in [3.63, 3.8) is 0 Å². The molecule has 0 aliphatic carbocycles. The van der Waals surface area contributed by atoms with Gasteiger partial charge in [0.1, 0.15) is 0 Å². The van der Waals surface area contributed by atoms with E-state index in [-0.39, 0.29) is 11.3 Å². The lowest BCUT2D eigenvalue weighted by Gasteiger charge is -2.32. The fourth-order valence-electron chi connectivity index (χ4n) is 1.99. The lowest BCUT2D eigenvalue weighted by atomic mass is 9.82. The molecule has 92 valence electrons. The molecule has 1 aliphatic rings. The second kappa shape index (κ2) is 5.02. The van der Waals surface area contributed by atoms with Crippen LogP contribution in [-0.2, 0) is 4.79 Å².